The molecular formula is C12H15ClN2O2. The number of phenols is 1. The fourth-order valence-electron chi connectivity index (χ4n) is 1.68. The quantitative estimate of drug-likeness (QED) is 0.762. The van der Waals surface area contributed by atoms with Crippen LogP contribution in [0.1, 0.15) is 23.2 Å². The van der Waals surface area contributed by atoms with Gasteiger partial charge in [0, 0.05) is 12.6 Å². The molecule has 1 unspecified atom stereocenters. The number of carbonyl (C=O) groups is 1. The summed E-state index contributed by atoms with van der Waals surface area (Å²) in [6.07, 6.45) is 2.29. The standard InChI is InChI=1S/C12H15ClN2O2/c13-10-4-3-8(16)5-9(10)12(17)15-6-11(14)7-1-2-7/h3-5,7,11,16H,1-2,6,14H2,(H,15,17). The van der Waals surface area contributed by atoms with E-state index in [-0.39, 0.29) is 23.3 Å². The Hall–Kier alpha value is -1.26. The lowest BCUT2D eigenvalue weighted by molar-refractivity contribution is 0.0950. The van der Waals surface area contributed by atoms with Gasteiger partial charge >= 0.3 is 0 Å². The number of benzene rings is 1. The molecule has 1 atom stereocenters. The number of aromatic hydroxyl groups is 1. The van der Waals surface area contributed by atoms with Gasteiger partial charge in [-0.1, -0.05) is 11.6 Å². The Kier molecular flexibility index (Phi) is 3.54. The molecule has 17 heavy (non-hydrogen) atoms. The predicted octanol–water partition coefficient (Wildman–Crippen LogP) is 1.51. The molecule has 0 heterocycles. The number of carbonyl (C=O) groups excluding carboxylic acids is 1. The summed E-state index contributed by atoms with van der Waals surface area (Å²) in [5.74, 6) is 0.253. The van der Waals surface area contributed by atoms with Crippen LogP contribution >= 0.6 is 11.6 Å². The van der Waals surface area contributed by atoms with Crippen molar-refractivity contribution in [3.05, 3.63) is 28.8 Å². The Balaban J connectivity index is 1.96. The van der Waals surface area contributed by atoms with E-state index >= 15 is 0 Å². The molecule has 1 aliphatic carbocycles. The van der Waals surface area contributed by atoms with Gasteiger partial charge in [-0.2, -0.15) is 0 Å². The molecule has 0 aliphatic heterocycles. The van der Waals surface area contributed by atoms with Gasteiger partial charge in [0.15, 0.2) is 0 Å². The third-order valence-electron chi connectivity index (χ3n) is 2.92. The van der Waals surface area contributed by atoms with E-state index in [2.05, 4.69) is 5.32 Å². The summed E-state index contributed by atoms with van der Waals surface area (Å²) in [6, 6.07) is 4.29. The minimum Gasteiger partial charge on any atom is -0.508 e. The fraction of sp³-hybridized carbons (Fsp3) is 0.417. The number of hydrogen-bond donors (Lipinski definition) is 3. The highest BCUT2D eigenvalue weighted by Gasteiger charge is 2.28. The summed E-state index contributed by atoms with van der Waals surface area (Å²) in [5, 5.41) is 12.3. The van der Waals surface area contributed by atoms with Gasteiger partial charge in [0.2, 0.25) is 0 Å². The minimum atomic E-state index is -0.304. The normalized spacial score (nSPS) is 16.6. The van der Waals surface area contributed by atoms with Crippen LogP contribution in [0.3, 0.4) is 0 Å². The van der Waals surface area contributed by atoms with E-state index in [4.69, 9.17) is 17.3 Å². The Labute approximate surface area is 105 Å². The van der Waals surface area contributed by atoms with E-state index in [9.17, 15) is 9.90 Å². The van der Waals surface area contributed by atoms with Gasteiger partial charge < -0.3 is 16.2 Å². The first-order valence-electron chi connectivity index (χ1n) is 5.60. The Morgan fingerprint density at radius 2 is 2.29 bits per heavy atom. The van der Waals surface area contributed by atoms with E-state index in [1.807, 2.05) is 0 Å². The molecule has 0 aromatic heterocycles. The smallest absolute Gasteiger partial charge is 0.252 e. The summed E-state index contributed by atoms with van der Waals surface area (Å²) < 4.78 is 0. The van der Waals surface area contributed by atoms with Crippen molar-refractivity contribution in [1.29, 1.82) is 0 Å². The van der Waals surface area contributed by atoms with Crippen LogP contribution in [0, 0.1) is 5.92 Å². The third kappa shape index (κ3) is 3.11. The van der Waals surface area contributed by atoms with Crippen molar-refractivity contribution in [2.75, 3.05) is 6.54 Å². The van der Waals surface area contributed by atoms with E-state index in [0.29, 0.717) is 17.5 Å². The van der Waals surface area contributed by atoms with Gasteiger partial charge in [0.25, 0.3) is 5.91 Å². The first kappa shape index (κ1) is 12.2. The molecule has 1 amide bonds. The van der Waals surface area contributed by atoms with Crippen molar-refractivity contribution in [3.8, 4) is 5.75 Å². The highest BCUT2D eigenvalue weighted by molar-refractivity contribution is 6.33. The fourth-order valence-corrected chi connectivity index (χ4v) is 1.89. The van der Waals surface area contributed by atoms with Crippen molar-refractivity contribution in [3.63, 3.8) is 0 Å². The van der Waals surface area contributed by atoms with Crippen LogP contribution in [-0.2, 0) is 0 Å². The third-order valence-corrected chi connectivity index (χ3v) is 3.25. The maximum atomic E-state index is 11.8. The lowest BCUT2D eigenvalue weighted by atomic mass is 10.1. The largest absolute Gasteiger partial charge is 0.508 e. The van der Waals surface area contributed by atoms with Gasteiger partial charge in [0.1, 0.15) is 5.75 Å². The average molecular weight is 255 g/mol. The maximum Gasteiger partial charge on any atom is 0.252 e. The molecule has 0 bridgehead atoms. The van der Waals surface area contributed by atoms with Crippen LogP contribution in [-0.4, -0.2) is 23.6 Å². The Morgan fingerprint density at radius 1 is 1.59 bits per heavy atom. The first-order chi connectivity index (χ1) is 8.08. The Morgan fingerprint density at radius 3 is 2.94 bits per heavy atom. The molecule has 1 aromatic rings. The summed E-state index contributed by atoms with van der Waals surface area (Å²) >= 11 is 5.88. The molecule has 1 aliphatic rings. The monoisotopic (exact) mass is 254 g/mol. The van der Waals surface area contributed by atoms with Gasteiger partial charge in [-0.3, -0.25) is 4.79 Å². The van der Waals surface area contributed by atoms with E-state index in [1.165, 1.54) is 18.2 Å². The number of phenolic OH excluding ortho intramolecular Hbond substituents is 1. The number of halogens is 1. The molecule has 5 heteroatoms. The zero-order chi connectivity index (χ0) is 12.4. The molecule has 4 nitrogen and oxygen atoms in total. The molecule has 0 spiro atoms. The lowest BCUT2D eigenvalue weighted by Crippen LogP contribution is -2.38. The van der Waals surface area contributed by atoms with Crippen LogP contribution in [0.5, 0.6) is 5.75 Å². The van der Waals surface area contributed by atoms with Crippen molar-refractivity contribution in [2.24, 2.45) is 11.7 Å². The second kappa shape index (κ2) is 4.94. The van der Waals surface area contributed by atoms with Crippen molar-refractivity contribution >= 4 is 17.5 Å². The predicted molar refractivity (Wildman–Crippen MR) is 66.1 cm³/mol. The number of hydrogen-bond acceptors (Lipinski definition) is 3. The zero-order valence-corrected chi connectivity index (χ0v) is 10.1. The van der Waals surface area contributed by atoms with E-state index in [1.54, 1.807) is 0 Å². The Bertz CT molecular complexity index is 433. The molecule has 0 radical (unpaired) electrons. The van der Waals surface area contributed by atoms with Crippen LogP contribution < -0.4 is 11.1 Å². The summed E-state index contributed by atoms with van der Waals surface area (Å²) in [7, 11) is 0. The first-order valence-corrected chi connectivity index (χ1v) is 5.98. The molecular weight excluding hydrogens is 240 g/mol. The number of nitrogens with one attached hydrogen (secondary N) is 1. The minimum absolute atomic E-state index is 0.00929. The highest BCUT2D eigenvalue weighted by atomic mass is 35.5. The summed E-state index contributed by atoms with van der Waals surface area (Å²) in [6.45, 7) is 0.440. The molecule has 1 aromatic carbocycles. The molecule has 4 N–H and O–H groups in total. The van der Waals surface area contributed by atoms with Gasteiger partial charge in [0.05, 0.1) is 10.6 Å². The van der Waals surface area contributed by atoms with E-state index in [0.717, 1.165) is 12.8 Å². The number of nitrogens with two attached hydrogens (primary N) is 1. The molecule has 1 fully saturated rings. The molecule has 92 valence electrons. The number of amides is 1. The zero-order valence-electron chi connectivity index (χ0n) is 9.32. The highest BCUT2D eigenvalue weighted by Crippen LogP contribution is 2.31. The van der Waals surface area contributed by atoms with E-state index < -0.39 is 0 Å². The van der Waals surface area contributed by atoms with Crippen molar-refractivity contribution in [2.45, 2.75) is 18.9 Å². The van der Waals surface area contributed by atoms with Crippen LogP contribution in [0.4, 0.5) is 0 Å². The second-order valence-electron chi connectivity index (χ2n) is 4.38. The second-order valence-corrected chi connectivity index (χ2v) is 4.78. The average Bonchev–Trinajstić information content (AvgIpc) is 3.12. The lowest BCUT2D eigenvalue weighted by Gasteiger charge is -2.12. The molecule has 2 rings (SSSR count). The van der Waals surface area contributed by atoms with Gasteiger partial charge in [-0.15, -0.1) is 0 Å². The topological polar surface area (TPSA) is 75.3 Å². The van der Waals surface area contributed by atoms with Crippen LogP contribution in [0.25, 0.3) is 0 Å². The number of rotatable bonds is 4. The van der Waals surface area contributed by atoms with Gasteiger partial charge in [-0.05, 0) is 37.0 Å². The maximum absolute atomic E-state index is 11.8. The SMILES string of the molecule is NC(CNC(=O)c1cc(O)ccc1Cl)C1CC1. The summed E-state index contributed by atoms with van der Waals surface area (Å²) in [5.41, 5.74) is 6.15. The van der Waals surface area contributed by atoms with Crippen LogP contribution in [0.15, 0.2) is 18.2 Å². The summed E-state index contributed by atoms with van der Waals surface area (Å²) in [4.78, 5) is 11.8. The molecule has 0 saturated heterocycles. The van der Waals surface area contributed by atoms with Gasteiger partial charge in [-0.25, -0.2) is 0 Å². The van der Waals surface area contributed by atoms with Crippen LogP contribution in [0.2, 0.25) is 5.02 Å². The van der Waals surface area contributed by atoms with Crippen molar-refractivity contribution < 1.29 is 9.90 Å². The van der Waals surface area contributed by atoms with Crippen molar-refractivity contribution in [1.82, 2.24) is 5.32 Å². The molecule has 1 saturated carbocycles.